The Balaban J connectivity index is 3.22. The first kappa shape index (κ1) is 11.4. The second-order valence-electron chi connectivity index (χ2n) is 3.43. The fraction of sp³-hybridized carbons (Fsp3) is 0.400. The Morgan fingerprint density at radius 2 is 2.14 bits per heavy atom. The van der Waals surface area contributed by atoms with Gasteiger partial charge in [0.25, 0.3) is 0 Å². The minimum Gasteiger partial charge on any atom is -0.506 e. The Bertz CT molecular complexity index is 326. The summed E-state index contributed by atoms with van der Waals surface area (Å²) in [5, 5.41) is 18.9. The van der Waals surface area contributed by atoms with Crippen LogP contribution in [0.3, 0.4) is 0 Å². The summed E-state index contributed by atoms with van der Waals surface area (Å²) in [6.07, 6.45) is 1.88. The molecule has 1 atom stereocenters. The molecule has 0 radical (unpaired) electrons. The van der Waals surface area contributed by atoms with Crippen molar-refractivity contribution in [2.75, 3.05) is 12.9 Å². The molecule has 0 aliphatic rings. The summed E-state index contributed by atoms with van der Waals surface area (Å²) in [6.45, 7) is 1.49. The fourth-order valence-corrected chi connectivity index (χ4v) is 1.75. The normalized spacial score (nSPS) is 15.1. The van der Waals surface area contributed by atoms with Gasteiger partial charge in [-0.25, -0.2) is 0 Å². The summed E-state index contributed by atoms with van der Waals surface area (Å²) in [4.78, 5) is 0.771. The Morgan fingerprint density at radius 1 is 1.50 bits per heavy atom. The average Bonchev–Trinajstić information content (AvgIpc) is 2.18. The van der Waals surface area contributed by atoms with Crippen molar-refractivity contribution >= 4 is 11.8 Å². The predicted octanol–water partition coefficient (Wildman–Crippen LogP) is 1.28. The Kier molecular flexibility index (Phi) is 3.42. The number of nitrogens with two attached hydrogens (primary N) is 1. The van der Waals surface area contributed by atoms with E-state index in [1.54, 1.807) is 13.0 Å². The molecule has 3 nitrogen and oxygen atoms in total. The SMILES string of the molecule is CSc1cccc([C@](C)(N)CO)c1O. The number of thioether (sulfide) groups is 1. The highest BCUT2D eigenvalue weighted by Gasteiger charge is 2.24. The number of aliphatic hydroxyl groups is 1. The van der Waals surface area contributed by atoms with Crippen molar-refractivity contribution in [3.63, 3.8) is 0 Å². The topological polar surface area (TPSA) is 66.5 Å². The minimum absolute atomic E-state index is 0.166. The molecule has 4 N–H and O–H groups in total. The van der Waals surface area contributed by atoms with Crippen molar-refractivity contribution in [3.8, 4) is 5.75 Å². The van der Waals surface area contributed by atoms with E-state index < -0.39 is 5.54 Å². The third-order valence-electron chi connectivity index (χ3n) is 2.16. The van der Waals surface area contributed by atoms with Crippen LogP contribution in [0.1, 0.15) is 12.5 Å². The molecule has 0 saturated heterocycles. The van der Waals surface area contributed by atoms with E-state index in [0.29, 0.717) is 5.56 Å². The maximum absolute atomic E-state index is 9.84. The lowest BCUT2D eigenvalue weighted by Crippen LogP contribution is -2.37. The molecule has 78 valence electrons. The van der Waals surface area contributed by atoms with Crippen LogP contribution in [0.2, 0.25) is 0 Å². The van der Waals surface area contributed by atoms with Crippen LogP contribution in [-0.4, -0.2) is 23.1 Å². The molecule has 0 unspecified atom stereocenters. The summed E-state index contributed by atoms with van der Waals surface area (Å²) >= 11 is 1.45. The van der Waals surface area contributed by atoms with Crippen molar-refractivity contribution in [1.82, 2.24) is 0 Å². The molecular formula is C10H15NO2S. The first-order valence-electron chi connectivity index (χ1n) is 4.29. The van der Waals surface area contributed by atoms with Gasteiger partial charge >= 0.3 is 0 Å². The highest BCUT2D eigenvalue weighted by Crippen LogP contribution is 2.34. The molecular weight excluding hydrogens is 198 g/mol. The van der Waals surface area contributed by atoms with Crippen molar-refractivity contribution in [1.29, 1.82) is 0 Å². The molecule has 0 aliphatic heterocycles. The maximum Gasteiger partial charge on any atom is 0.134 e. The van der Waals surface area contributed by atoms with Crippen LogP contribution in [0.25, 0.3) is 0 Å². The average molecular weight is 213 g/mol. The maximum atomic E-state index is 9.84. The summed E-state index contributed by atoms with van der Waals surface area (Å²) in [7, 11) is 0. The molecule has 1 rings (SSSR count). The monoisotopic (exact) mass is 213 g/mol. The molecule has 0 aliphatic carbocycles. The van der Waals surface area contributed by atoms with E-state index in [1.165, 1.54) is 11.8 Å². The van der Waals surface area contributed by atoms with E-state index in [2.05, 4.69) is 0 Å². The molecule has 0 heterocycles. The van der Waals surface area contributed by atoms with Gasteiger partial charge in [0.05, 0.1) is 12.1 Å². The summed E-state index contributed by atoms with van der Waals surface area (Å²) in [5.74, 6) is 0.166. The summed E-state index contributed by atoms with van der Waals surface area (Å²) in [5.41, 5.74) is 5.53. The van der Waals surface area contributed by atoms with Gasteiger partial charge in [0, 0.05) is 10.5 Å². The van der Waals surface area contributed by atoms with Crippen molar-refractivity contribution in [2.45, 2.75) is 17.4 Å². The minimum atomic E-state index is -0.893. The fourth-order valence-electron chi connectivity index (χ4n) is 1.23. The van der Waals surface area contributed by atoms with Gasteiger partial charge in [-0.15, -0.1) is 11.8 Å². The van der Waals surface area contributed by atoms with Crippen molar-refractivity contribution in [3.05, 3.63) is 23.8 Å². The predicted molar refractivity (Wildman–Crippen MR) is 58.5 cm³/mol. The lowest BCUT2D eigenvalue weighted by Gasteiger charge is -2.24. The lowest BCUT2D eigenvalue weighted by molar-refractivity contribution is 0.206. The first-order valence-corrected chi connectivity index (χ1v) is 5.51. The molecule has 0 spiro atoms. The summed E-state index contributed by atoms with van der Waals surface area (Å²) < 4.78 is 0. The van der Waals surface area contributed by atoms with Crippen LogP contribution >= 0.6 is 11.8 Å². The standard InChI is InChI=1S/C10H15NO2S/c1-10(11,6-12)7-4-3-5-8(14-2)9(7)13/h3-5,12-13H,6,11H2,1-2H3/t10-/m1/s1. The Morgan fingerprint density at radius 3 is 2.64 bits per heavy atom. The number of phenols is 1. The lowest BCUT2D eigenvalue weighted by atomic mass is 9.93. The zero-order valence-corrected chi connectivity index (χ0v) is 9.14. The van der Waals surface area contributed by atoms with E-state index in [9.17, 15) is 5.11 Å². The van der Waals surface area contributed by atoms with Crippen molar-refractivity contribution in [2.24, 2.45) is 5.73 Å². The molecule has 1 aromatic carbocycles. The second kappa shape index (κ2) is 4.21. The van der Waals surface area contributed by atoms with Crippen LogP contribution < -0.4 is 5.73 Å². The van der Waals surface area contributed by atoms with E-state index in [4.69, 9.17) is 10.8 Å². The third-order valence-corrected chi connectivity index (χ3v) is 2.93. The van der Waals surface area contributed by atoms with Gasteiger partial charge in [-0.05, 0) is 19.2 Å². The largest absolute Gasteiger partial charge is 0.506 e. The second-order valence-corrected chi connectivity index (χ2v) is 4.28. The van der Waals surface area contributed by atoms with Crippen LogP contribution in [-0.2, 0) is 5.54 Å². The molecule has 0 fully saturated rings. The van der Waals surface area contributed by atoms with Gasteiger partial charge in [-0.3, -0.25) is 0 Å². The number of hydrogen-bond donors (Lipinski definition) is 3. The number of rotatable bonds is 3. The van der Waals surface area contributed by atoms with Gasteiger partial charge in [0.1, 0.15) is 5.75 Å². The van der Waals surface area contributed by atoms with E-state index in [1.807, 2.05) is 18.4 Å². The number of para-hydroxylation sites is 1. The first-order chi connectivity index (χ1) is 6.53. The van der Waals surface area contributed by atoms with E-state index in [-0.39, 0.29) is 12.4 Å². The highest BCUT2D eigenvalue weighted by molar-refractivity contribution is 7.98. The van der Waals surface area contributed by atoms with Crippen molar-refractivity contribution < 1.29 is 10.2 Å². The quantitative estimate of drug-likeness (QED) is 0.662. The number of hydrogen-bond acceptors (Lipinski definition) is 4. The van der Waals surface area contributed by atoms with Crippen LogP contribution in [0.4, 0.5) is 0 Å². The zero-order valence-electron chi connectivity index (χ0n) is 8.32. The zero-order chi connectivity index (χ0) is 10.8. The summed E-state index contributed by atoms with van der Waals surface area (Å²) in [6, 6.07) is 5.36. The van der Waals surface area contributed by atoms with Gasteiger partial charge in [0.15, 0.2) is 0 Å². The molecule has 1 aromatic rings. The molecule has 0 bridgehead atoms. The van der Waals surface area contributed by atoms with Gasteiger partial charge in [-0.1, -0.05) is 12.1 Å². The number of aliphatic hydroxyl groups excluding tert-OH is 1. The highest BCUT2D eigenvalue weighted by atomic mass is 32.2. The van der Waals surface area contributed by atoms with Crippen LogP contribution in [0, 0.1) is 0 Å². The van der Waals surface area contributed by atoms with E-state index in [0.717, 1.165) is 4.90 Å². The molecule has 0 amide bonds. The molecule has 14 heavy (non-hydrogen) atoms. The van der Waals surface area contributed by atoms with Gasteiger partial charge in [-0.2, -0.15) is 0 Å². The smallest absolute Gasteiger partial charge is 0.134 e. The van der Waals surface area contributed by atoms with E-state index >= 15 is 0 Å². The number of phenolic OH excluding ortho intramolecular Hbond substituents is 1. The van der Waals surface area contributed by atoms with Gasteiger partial charge < -0.3 is 15.9 Å². The Labute approximate surface area is 87.9 Å². The van der Waals surface area contributed by atoms with Gasteiger partial charge in [0.2, 0.25) is 0 Å². The molecule has 0 aromatic heterocycles. The number of aromatic hydroxyl groups is 1. The third kappa shape index (κ3) is 2.03. The Hall–Kier alpha value is -0.710. The number of benzene rings is 1. The molecule has 4 heteroatoms. The van der Waals surface area contributed by atoms with Crippen LogP contribution in [0.5, 0.6) is 5.75 Å². The molecule has 0 saturated carbocycles. The van der Waals surface area contributed by atoms with Crippen LogP contribution in [0.15, 0.2) is 23.1 Å².